The third kappa shape index (κ3) is 6.15. The molecule has 0 fully saturated rings. The number of nitrogens with one attached hydrogen (secondary N) is 1. The number of halogens is 3. The van der Waals surface area contributed by atoms with Crippen molar-refractivity contribution < 1.29 is 13.9 Å². The molecule has 30 heavy (non-hydrogen) atoms. The normalized spacial score (nSPS) is 10.9. The summed E-state index contributed by atoms with van der Waals surface area (Å²) in [6.07, 6.45) is 1.53. The van der Waals surface area contributed by atoms with E-state index in [2.05, 4.69) is 43.8 Å². The van der Waals surface area contributed by atoms with Gasteiger partial charge in [-0.15, -0.1) is 0 Å². The van der Waals surface area contributed by atoms with Gasteiger partial charge in [0, 0.05) is 10.2 Å². The summed E-state index contributed by atoms with van der Waals surface area (Å²) in [5.41, 5.74) is 2.14. The molecule has 3 rings (SSSR count). The van der Waals surface area contributed by atoms with Crippen molar-refractivity contribution >= 4 is 56.2 Å². The zero-order valence-corrected chi connectivity index (χ0v) is 19.3. The number of carbonyl (C=O) groups excluding carboxylic acids is 1. The van der Waals surface area contributed by atoms with E-state index in [0.29, 0.717) is 23.6 Å². The Bertz CT molecular complexity index is 1140. The molecule has 0 heterocycles. The van der Waals surface area contributed by atoms with Gasteiger partial charge in [-0.1, -0.05) is 40.2 Å². The molecule has 3 aromatic carbocycles. The lowest BCUT2D eigenvalue weighted by molar-refractivity contribution is -0.112. The van der Waals surface area contributed by atoms with E-state index in [1.54, 1.807) is 42.5 Å². The number of benzene rings is 3. The second kappa shape index (κ2) is 10.4. The molecule has 150 valence electrons. The third-order valence-corrected chi connectivity index (χ3v) is 5.36. The zero-order valence-electron chi connectivity index (χ0n) is 15.5. The van der Waals surface area contributed by atoms with Crippen molar-refractivity contribution in [2.45, 2.75) is 6.61 Å². The largest absolute Gasteiger partial charge is 0.488 e. The Morgan fingerprint density at radius 1 is 1.17 bits per heavy atom. The standard InChI is InChI=1S/C23H15BrFIN2O2/c24-18-2-1-3-20(12-18)28-23(29)17(13-27)10-16-6-9-22(21(26)11-16)30-14-15-4-7-19(25)8-5-15/h1-12H,14H2,(H,28,29)/b17-10-. The highest BCUT2D eigenvalue weighted by Crippen LogP contribution is 2.25. The first-order chi connectivity index (χ1) is 14.4. The minimum atomic E-state index is -0.484. The third-order valence-electron chi connectivity index (χ3n) is 4.02. The van der Waals surface area contributed by atoms with Crippen LogP contribution in [0, 0.1) is 20.7 Å². The fourth-order valence-corrected chi connectivity index (χ4v) is 3.64. The monoisotopic (exact) mass is 576 g/mol. The van der Waals surface area contributed by atoms with E-state index in [0.717, 1.165) is 13.6 Å². The van der Waals surface area contributed by atoms with Gasteiger partial charge >= 0.3 is 0 Å². The molecule has 0 aromatic heterocycles. The molecule has 0 atom stereocenters. The van der Waals surface area contributed by atoms with Crippen molar-refractivity contribution in [3.63, 3.8) is 0 Å². The number of amides is 1. The van der Waals surface area contributed by atoms with Gasteiger partial charge < -0.3 is 10.1 Å². The molecule has 1 N–H and O–H groups in total. The van der Waals surface area contributed by atoms with Gasteiger partial charge in [0.05, 0.1) is 3.57 Å². The number of hydrogen-bond acceptors (Lipinski definition) is 3. The highest BCUT2D eigenvalue weighted by Gasteiger charge is 2.11. The van der Waals surface area contributed by atoms with E-state index >= 15 is 0 Å². The molecule has 7 heteroatoms. The van der Waals surface area contributed by atoms with Gasteiger partial charge in [0.2, 0.25) is 0 Å². The Balaban J connectivity index is 1.70. The number of anilines is 1. The minimum absolute atomic E-state index is 0.00856. The van der Waals surface area contributed by atoms with Gasteiger partial charge in [0.25, 0.3) is 5.91 Å². The van der Waals surface area contributed by atoms with Crippen LogP contribution in [-0.4, -0.2) is 5.91 Å². The summed E-state index contributed by atoms with van der Waals surface area (Å²) in [5, 5.41) is 12.1. The number of carbonyl (C=O) groups is 1. The first-order valence-electron chi connectivity index (χ1n) is 8.80. The predicted octanol–water partition coefficient (Wildman–Crippen LogP) is 6.32. The van der Waals surface area contributed by atoms with E-state index in [9.17, 15) is 14.4 Å². The average molecular weight is 577 g/mol. The summed E-state index contributed by atoms with van der Waals surface area (Å²) in [4.78, 5) is 12.4. The number of rotatable bonds is 6. The Morgan fingerprint density at radius 3 is 2.60 bits per heavy atom. The number of nitriles is 1. The molecule has 0 radical (unpaired) electrons. The average Bonchev–Trinajstić information content (AvgIpc) is 2.72. The zero-order chi connectivity index (χ0) is 21.5. The number of ether oxygens (including phenoxy) is 1. The smallest absolute Gasteiger partial charge is 0.266 e. The van der Waals surface area contributed by atoms with Crippen molar-refractivity contribution in [2.24, 2.45) is 0 Å². The fourth-order valence-electron chi connectivity index (χ4n) is 2.55. The van der Waals surface area contributed by atoms with Crippen molar-refractivity contribution in [3.8, 4) is 11.8 Å². The molecule has 0 spiro atoms. The second-order valence-electron chi connectivity index (χ2n) is 6.24. The molecule has 4 nitrogen and oxygen atoms in total. The quantitative estimate of drug-likeness (QED) is 0.212. The maximum Gasteiger partial charge on any atom is 0.266 e. The molecular weight excluding hydrogens is 562 g/mol. The van der Waals surface area contributed by atoms with E-state index in [1.165, 1.54) is 18.2 Å². The van der Waals surface area contributed by atoms with Gasteiger partial charge in [-0.05, 0) is 82.3 Å². The van der Waals surface area contributed by atoms with Gasteiger partial charge in [-0.2, -0.15) is 5.26 Å². The van der Waals surface area contributed by atoms with Gasteiger partial charge in [-0.3, -0.25) is 4.79 Å². The minimum Gasteiger partial charge on any atom is -0.488 e. The van der Waals surface area contributed by atoms with Crippen LogP contribution < -0.4 is 10.1 Å². The Labute approximate surface area is 195 Å². The van der Waals surface area contributed by atoms with Crippen LogP contribution >= 0.6 is 38.5 Å². The van der Waals surface area contributed by atoms with Crippen molar-refractivity contribution in [1.29, 1.82) is 5.26 Å². The Kier molecular flexibility index (Phi) is 7.60. The van der Waals surface area contributed by atoms with Gasteiger partial charge in [-0.25, -0.2) is 4.39 Å². The van der Waals surface area contributed by atoms with Crippen LogP contribution in [-0.2, 0) is 11.4 Å². The summed E-state index contributed by atoms with van der Waals surface area (Å²) >= 11 is 5.47. The van der Waals surface area contributed by atoms with E-state index < -0.39 is 5.91 Å². The summed E-state index contributed by atoms with van der Waals surface area (Å²) in [7, 11) is 0. The topological polar surface area (TPSA) is 62.1 Å². The van der Waals surface area contributed by atoms with Crippen molar-refractivity contribution in [3.05, 3.63) is 97.3 Å². The number of hydrogen-bond donors (Lipinski definition) is 1. The van der Waals surface area contributed by atoms with Gasteiger partial charge in [0.15, 0.2) is 0 Å². The molecular formula is C23H15BrFIN2O2. The van der Waals surface area contributed by atoms with Crippen LogP contribution in [0.25, 0.3) is 6.08 Å². The Morgan fingerprint density at radius 2 is 1.93 bits per heavy atom. The van der Waals surface area contributed by atoms with Crippen molar-refractivity contribution in [1.82, 2.24) is 0 Å². The molecule has 0 saturated heterocycles. The first kappa shape index (κ1) is 22.0. The van der Waals surface area contributed by atoms with Gasteiger partial charge in [0.1, 0.15) is 29.8 Å². The predicted molar refractivity (Wildman–Crippen MR) is 126 cm³/mol. The molecule has 1 amide bonds. The Hall–Kier alpha value is -2.70. The summed E-state index contributed by atoms with van der Waals surface area (Å²) in [6.45, 7) is 0.309. The van der Waals surface area contributed by atoms with E-state index in [4.69, 9.17) is 4.74 Å². The molecule has 0 aliphatic carbocycles. The van der Waals surface area contributed by atoms with E-state index in [-0.39, 0.29) is 11.4 Å². The summed E-state index contributed by atoms with van der Waals surface area (Å²) < 4.78 is 20.4. The molecule has 3 aromatic rings. The van der Waals surface area contributed by atoms with Crippen LogP contribution in [0.3, 0.4) is 0 Å². The molecule has 0 unspecified atom stereocenters. The molecule has 0 saturated carbocycles. The first-order valence-corrected chi connectivity index (χ1v) is 10.7. The fraction of sp³-hybridized carbons (Fsp3) is 0.0435. The van der Waals surface area contributed by atoms with Crippen LogP contribution in [0.4, 0.5) is 10.1 Å². The molecule has 0 aliphatic heterocycles. The summed E-state index contributed by atoms with van der Waals surface area (Å²) in [6, 6.07) is 20.6. The van der Waals surface area contributed by atoms with E-state index in [1.807, 2.05) is 18.2 Å². The van der Waals surface area contributed by atoms with Crippen LogP contribution in [0.15, 0.2) is 76.8 Å². The van der Waals surface area contributed by atoms with Crippen LogP contribution in [0.1, 0.15) is 11.1 Å². The molecule has 0 bridgehead atoms. The summed E-state index contributed by atoms with van der Waals surface area (Å²) in [5.74, 6) is -0.113. The van der Waals surface area contributed by atoms with Crippen LogP contribution in [0.5, 0.6) is 5.75 Å². The highest BCUT2D eigenvalue weighted by atomic mass is 127. The lowest BCUT2D eigenvalue weighted by Crippen LogP contribution is -2.13. The highest BCUT2D eigenvalue weighted by molar-refractivity contribution is 14.1. The lowest BCUT2D eigenvalue weighted by atomic mass is 10.1. The van der Waals surface area contributed by atoms with Crippen LogP contribution in [0.2, 0.25) is 0 Å². The second-order valence-corrected chi connectivity index (χ2v) is 8.32. The lowest BCUT2D eigenvalue weighted by Gasteiger charge is -2.09. The number of nitrogens with zero attached hydrogens (tertiary/aromatic N) is 1. The molecule has 0 aliphatic rings. The maximum absolute atomic E-state index is 13.0. The maximum atomic E-state index is 13.0. The SMILES string of the molecule is N#C/C(=C/c1ccc(OCc2ccc(F)cc2)c(I)c1)C(=O)Nc1cccc(Br)c1. The van der Waals surface area contributed by atoms with Crippen molar-refractivity contribution in [2.75, 3.05) is 5.32 Å².